The van der Waals surface area contributed by atoms with Gasteiger partial charge in [0.25, 0.3) is 0 Å². The van der Waals surface area contributed by atoms with Gasteiger partial charge in [-0.15, -0.1) is 0 Å². The second kappa shape index (κ2) is 3.42. The number of nitrogens with zero attached hydrogens (tertiary/aromatic N) is 2. The summed E-state index contributed by atoms with van der Waals surface area (Å²) in [6, 6.07) is 6.14. The highest BCUT2D eigenvalue weighted by Gasteiger charge is 2.03. The number of aryl methyl sites for hydroxylation is 2. The lowest BCUT2D eigenvalue weighted by molar-refractivity contribution is 0.299. The van der Waals surface area contributed by atoms with Crippen LogP contribution in [0.3, 0.4) is 0 Å². The van der Waals surface area contributed by atoms with Crippen molar-refractivity contribution < 1.29 is 5.11 Å². The third-order valence-electron chi connectivity index (χ3n) is 2.57. The van der Waals surface area contributed by atoms with Crippen molar-refractivity contribution in [1.82, 2.24) is 9.55 Å². The first-order chi connectivity index (χ1) is 6.72. The van der Waals surface area contributed by atoms with Crippen molar-refractivity contribution in [2.75, 3.05) is 6.61 Å². The van der Waals surface area contributed by atoms with E-state index in [-0.39, 0.29) is 6.61 Å². The molecule has 0 spiro atoms. The third-order valence-corrected chi connectivity index (χ3v) is 2.57. The Morgan fingerprint density at radius 1 is 1.43 bits per heavy atom. The van der Waals surface area contributed by atoms with Crippen molar-refractivity contribution in [2.45, 2.75) is 13.3 Å². The molecule has 14 heavy (non-hydrogen) atoms. The molecule has 0 unspecified atom stereocenters. The van der Waals surface area contributed by atoms with E-state index in [9.17, 15) is 0 Å². The highest BCUT2D eigenvalue weighted by atomic mass is 16.2. The van der Waals surface area contributed by atoms with Crippen molar-refractivity contribution in [2.24, 2.45) is 7.05 Å². The van der Waals surface area contributed by atoms with Crippen LogP contribution < -0.4 is 0 Å². The van der Waals surface area contributed by atoms with E-state index in [1.807, 2.05) is 26.1 Å². The Bertz CT molecular complexity index is 460. The Morgan fingerprint density at radius 3 is 2.93 bits per heavy atom. The van der Waals surface area contributed by atoms with Gasteiger partial charge >= 0.3 is 0 Å². The highest BCUT2D eigenvalue weighted by molar-refractivity contribution is 5.76. The van der Waals surface area contributed by atoms with Gasteiger partial charge in [0.15, 0.2) is 0 Å². The van der Waals surface area contributed by atoms with Crippen LogP contribution in [0.5, 0.6) is 0 Å². The lowest BCUT2D eigenvalue weighted by atomic mass is 10.1. The summed E-state index contributed by atoms with van der Waals surface area (Å²) in [7, 11) is 2.01. The third kappa shape index (κ3) is 1.40. The van der Waals surface area contributed by atoms with Crippen LogP contribution in [0.15, 0.2) is 18.2 Å². The topological polar surface area (TPSA) is 38.1 Å². The van der Waals surface area contributed by atoms with Crippen LogP contribution in [0.4, 0.5) is 0 Å². The van der Waals surface area contributed by atoms with Gasteiger partial charge in [0.05, 0.1) is 11.0 Å². The minimum Gasteiger partial charge on any atom is -0.396 e. The molecular weight excluding hydrogens is 176 g/mol. The SMILES string of the molecule is Cc1nc2cc(CCO)ccc2n1C. The quantitative estimate of drug-likeness (QED) is 0.777. The molecule has 0 amide bonds. The van der Waals surface area contributed by atoms with Crippen LogP contribution in [-0.2, 0) is 13.5 Å². The smallest absolute Gasteiger partial charge is 0.106 e. The van der Waals surface area contributed by atoms with Gasteiger partial charge in [-0.3, -0.25) is 0 Å². The molecule has 1 aromatic heterocycles. The predicted octanol–water partition coefficient (Wildman–Crippen LogP) is 1.42. The standard InChI is InChI=1S/C11H14N2O/c1-8-12-10-7-9(5-6-14)3-4-11(10)13(8)2/h3-4,7,14H,5-6H2,1-2H3. The van der Waals surface area contributed by atoms with Gasteiger partial charge in [0.2, 0.25) is 0 Å². The highest BCUT2D eigenvalue weighted by Crippen LogP contribution is 2.16. The fourth-order valence-electron chi connectivity index (χ4n) is 1.65. The Kier molecular flexibility index (Phi) is 2.25. The van der Waals surface area contributed by atoms with E-state index in [1.54, 1.807) is 0 Å². The van der Waals surface area contributed by atoms with Gasteiger partial charge in [0, 0.05) is 13.7 Å². The molecule has 0 radical (unpaired) electrons. The van der Waals surface area contributed by atoms with E-state index in [0.29, 0.717) is 6.42 Å². The molecule has 0 fully saturated rings. The maximum atomic E-state index is 8.83. The summed E-state index contributed by atoms with van der Waals surface area (Å²) in [6.07, 6.45) is 0.700. The van der Waals surface area contributed by atoms with Crippen LogP contribution in [-0.4, -0.2) is 21.3 Å². The summed E-state index contributed by atoms with van der Waals surface area (Å²) in [5.74, 6) is 1.01. The summed E-state index contributed by atoms with van der Waals surface area (Å²) in [5.41, 5.74) is 3.29. The molecule has 1 aromatic carbocycles. The van der Waals surface area contributed by atoms with E-state index in [4.69, 9.17) is 5.11 Å². The number of aliphatic hydroxyl groups excluding tert-OH is 1. The molecule has 1 N–H and O–H groups in total. The Hall–Kier alpha value is -1.35. The van der Waals surface area contributed by atoms with Gasteiger partial charge in [-0.05, 0) is 31.0 Å². The summed E-state index contributed by atoms with van der Waals surface area (Å²) in [6.45, 7) is 2.18. The van der Waals surface area contributed by atoms with Gasteiger partial charge in [-0.2, -0.15) is 0 Å². The largest absolute Gasteiger partial charge is 0.396 e. The van der Waals surface area contributed by atoms with Crippen molar-refractivity contribution in [3.05, 3.63) is 29.6 Å². The fraction of sp³-hybridized carbons (Fsp3) is 0.364. The number of fused-ring (bicyclic) bond motifs is 1. The first kappa shape index (κ1) is 9.21. The maximum Gasteiger partial charge on any atom is 0.106 e. The summed E-state index contributed by atoms with van der Waals surface area (Å²) in [4.78, 5) is 4.44. The monoisotopic (exact) mass is 190 g/mol. The second-order valence-corrected chi connectivity index (χ2v) is 3.51. The second-order valence-electron chi connectivity index (χ2n) is 3.51. The van der Waals surface area contributed by atoms with Crippen molar-refractivity contribution in [3.8, 4) is 0 Å². The average Bonchev–Trinajstić information content (AvgIpc) is 2.43. The van der Waals surface area contributed by atoms with Gasteiger partial charge in [-0.1, -0.05) is 6.07 Å². The first-order valence-corrected chi connectivity index (χ1v) is 4.75. The van der Waals surface area contributed by atoms with Crippen molar-refractivity contribution in [3.63, 3.8) is 0 Å². The molecule has 0 atom stereocenters. The van der Waals surface area contributed by atoms with Crippen LogP contribution in [0.25, 0.3) is 11.0 Å². The van der Waals surface area contributed by atoms with E-state index >= 15 is 0 Å². The zero-order valence-corrected chi connectivity index (χ0v) is 8.49. The first-order valence-electron chi connectivity index (χ1n) is 4.75. The lowest BCUT2D eigenvalue weighted by Gasteiger charge is -1.99. The molecule has 3 nitrogen and oxygen atoms in total. The van der Waals surface area contributed by atoms with Crippen molar-refractivity contribution >= 4 is 11.0 Å². The number of aliphatic hydroxyl groups is 1. The molecule has 0 bridgehead atoms. The number of benzene rings is 1. The lowest BCUT2D eigenvalue weighted by Crippen LogP contribution is -1.91. The molecule has 2 aromatic rings. The average molecular weight is 190 g/mol. The minimum atomic E-state index is 0.192. The van der Waals surface area contributed by atoms with E-state index < -0.39 is 0 Å². The number of rotatable bonds is 2. The number of imidazole rings is 1. The zero-order valence-electron chi connectivity index (χ0n) is 8.49. The molecule has 0 saturated heterocycles. The zero-order chi connectivity index (χ0) is 10.1. The Morgan fingerprint density at radius 2 is 2.21 bits per heavy atom. The summed E-state index contributed by atoms with van der Waals surface area (Å²) in [5, 5.41) is 8.83. The number of hydrogen-bond donors (Lipinski definition) is 1. The van der Waals surface area contributed by atoms with Gasteiger partial charge < -0.3 is 9.67 Å². The molecule has 3 heteroatoms. The van der Waals surface area contributed by atoms with E-state index in [0.717, 1.165) is 22.4 Å². The molecule has 1 heterocycles. The molecular formula is C11H14N2O. The summed E-state index contributed by atoms with van der Waals surface area (Å²) < 4.78 is 2.07. The van der Waals surface area contributed by atoms with Gasteiger partial charge in [-0.25, -0.2) is 4.98 Å². The van der Waals surface area contributed by atoms with E-state index in [2.05, 4.69) is 15.6 Å². The van der Waals surface area contributed by atoms with Crippen LogP contribution in [0, 0.1) is 6.92 Å². The Labute approximate surface area is 83.0 Å². The Balaban J connectivity index is 2.56. The molecule has 74 valence electrons. The summed E-state index contributed by atoms with van der Waals surface area (Å²) >= 11 is 0. The van der Waals surface area contributed by atoms with Gasteiger partial charge in [0.1, 0.15) is 5.82 Å². The minimum absolute atomic E-state index is 0.192. The molecule has 0 aliphatic carbocycles. The van der Waals surface area contributed by atoms with Crippen LogP contribution >= 0.6 is 0 Å². The molecule has 0 aliphatic rings. The molecule has 0 aliphatic heterocycles. The van der Waals surface area contributed by atoms with Crippen molar-refractivity contribution in [1.29, 1.82) is 0 Å². The fourth-order valence-corrected chi connectivity index (χ4v) is 1.65. The van der Waals surface area contributed by atoms with Crippen LogP contribution in [0.2, 0.25) is 0 Å². The predicted molar refractivity (Wildman–Crippen MR) is 56.2 cm³/mol. The normalized spacial score (nSPS) is 11.1. The number of hydrogen-bond acceptors (Lipinski definition) is 2. The molecule has 0 saturated carbocycles. The van der Waals surface area contributed by atoms with Crippen LogP contribution in [0.1, 0.15) is 11.4 Å². The maximum absolute atomic E-state index is 8.83. The number of aromatic nitrogens is 2. The molecule has 2 rings (SSSR count). The van der Waals surface area contributed by atoms with E-state index in [1.165, 1.54) is 0 Å².